The van der Waals surface area contributed by atoms with E-state index in [0.717, 1.165) is 55.0 Å². The second kappa shape index (κ2) is 6.52. The lowest BCUT2D eigenvalue weighted by atomic mass is 10.1. The summed E-state index contributed by atoms with van der Waals surface area (Å²) in [4.78, 5) is 15.4. The number of hydrogen-bond donors (Lipinski definition) is 1. The third-order valence-electron chi connectivity index (χ3n) is 4.32. The lowest BCUT2D eigenvalue weighted by molar-refractivity contribution is 0.201. The summed E-state index contributed by atoms with van der Waals surface area (Å²) >= 11 is 0. The minimum Gasteiger partial charge on any atom is -0.365 e. The maximum atomic E-state index is 5.06. The van der Waals surface area contributed by atoms with Gasteiger partial charge in [0.05, 0.1) is 12.1 Å². The Morgan fingerprint density at radius 1 is 1.29 bits per heavy atom. The van der Waals surface area contributed by atoms with Crippen LogP contribution in [0.15, 0.2) is 35.1 Å². The number of hydrogen-bond acceptors (Lipinski definition) is 7. The molecule has 1 aliphatic heterocycles. The first-order valence-corrected chi connectivity index (χ1v) is 8.26. The third-order valence-corrected chi connectivity index (χ3v) is 4.32. The molecular formula is C17H20N6O. The maximum absolute atomic E-state index is 5.06. The molecule has 1 aliphatic rings. The molecule has 1 fully saturated rings. The van der Waals surface area contributed by atoms with E-state index in [1.165, 1.54) is 0 Å². The van der Waals surface area contributed by atoms with Crippen LogP contribution in [-0.2, 0) is 6.54 Å². The van der Waals surface area contributed by atoms with Gasteiger partial charge in [0, 0.05) is 24.9 Å². The fraction of sp³-hybridized carbons (Fsp3) is 0.412. The first-order valence-electron chi connectivity index (χ1n) is 8.26. The van der Waals surface area contributed by atoms with Crippen molar-refractivity contribution in [2.75, 3.05) is 18.4 Å². The molecule has 1 saturated heterocycles. The van der Waals surface area contributed by atoms with E-state index in [9.17, 15) is 0 Å². The number of nitrogens with zero attached hydrogens (tertiary/aromatic N) is 5. The summed E-state index contributed by atoms with van der Waals surface area (Å²) in [5, 5.41) is 8.64. The molecule has 0 spiro atoms. The molecule has 0 amide bonds. The molecule has 0 radical (unpaired) electrons. The summed E-state index contributed by atoms with van der Waals surface area (Å²) in [6, 6.07) is 8.43. The van der Waals surface area contributed by atoms with E-state index in [2.05, 4.69) is 36.4 Å². The van der Waals surface area contributed by atoms with Crippen LogP contribution >= 0.6 is 0 Å². The summed E-state index contributed by atoms with van der Waals surface area (Å²) in [5.41, 5.74) is 0.963. The number of aromatic nitrogens is 4. The Labute approximate surface area is 140 Å². The first kappa shape index (κ1) is 15.0. The van der Waals surface area contributed by atoms with Crippen LogP contribution in [0.5, 0.6) is 0 Å². The van der Waals surface area contributed by atoms with Crippen molar-refractivity contribution in [2.24, 2.45) is 0 Å². The van der Waals surface area contributed by atoms with Crippen LogP contribution in [0.2, 0.25) is 0 Å². The number of benzene rings is 1. The average Bonchev–Trinajstić information content (AvgIpc) is 3.00. The van der Waals surface area contributed by atoms with Crippen molar-refractivity contribution in [1.82, 2.24) is 25.0 Å². The third kappa shape index (κ3) is 3.21. The van der Waals surface area contributed by atoms with E-state index >= 15 is 0 Å². The van der Waals surface area contributed by atoms with Gasteiger partial charge < -0.3 is 9.84 Å². The van der Waals surface area contributed by atoms with Crippen molar-refractivity contribution in [3.63, 3.8) is 0 Å². The molecule has 7 nitrogen and oxygen atoms in total. The Morgan fingerprint density at radius 3 is 3.08 bits per heavy atom. The summed E-state index contributed by atoms with van der Waals surface area (Å²) in [6.45, 7) is 4.53. The van der Waals surface area contributed by atoms with Gasteiger partial charge in [0.1, 0.15) is 12.1 Å². The van der Waals surface area contributed by atoms with Crippen molar-refractivity contribution in [1.29, 1.82) is 0 Å². The molecule has 2 aromatic heterocycles. The maximum Gasteiger partial charge on any atom is 0.223 e. The second-order valence-corrected chi connectivity index (χ2v) is 6.19. The number of aryl methyl sites for hydroxylation is 1. The smallest absolute Gasteiger partial charge is 0.223 e. The molecule has 1 N–H and O–H groups in total. The van der Waals surface area contributed by atoms with Gasteiger partial charge >= 0.3 is 0 Å². The van der Waals surface area contributed by atoms with Crippen molar-refractivity contribution in [2.45, 2.75) is 32.4 Å². The van der Waals surface area contributed by atoms with E-state index in [1.54, 1.807) is 6.33 Å². The topological polar surface area (TPSA) is 80.0 Å². The van der Waals surface area contributed by atoms with Crippen molar-refractivity contribution in [3.05, 3.63) is 42.3 Å². The standard InChI is InChI=1S/C17H20N6O/c1-12-20-16(22-24-12)10-23-8-4-5-13(9-23)21-17-14-6-2-3-7-15(14)18-11-19-17/h2-3,6-7,11,13H,4-5,8-10H2,1H3,(H,18,19,21)/t13-/m0/s1. The van der Waals surface area contributed by atoms with E-state index in [4.69, 9.17) is 4.52 Å². The number of para-hydroxylation sites is 1. The monoisotopic (exact) mass is 324 g/mol. The van der Waals surface area contributed by atoms with Crippen LogP contribution in [0.3, 0.4) is 0 Å². The van der Waals surface area contributed by atoms with Gasteiger partial charge in [-0.2, -0.15) is 4.98 Å². The predicted molar refractivity (Wildman–Crippen MR) is 90.5 cm³/mol. The zero-order valence-electron chi connectivity index (χ0n) is 13.6. The SMILES string of the molecule is Cc1nc(CN2CCC[C@H](Nc3ncnc4ccccc34)C2)no1. The second-order valence-electron chi connectivity index (χ2n) is 6.19. The van der Waals surface area contributed by atoms with Crippen molar-refractivity contribution in [3.8, 4) is 0 Å². The molecule has 3 heterocycles. The van der Waals surface area contributed by atoms with Gasteiger partial charge in [-0.25, -0.2) is 9.97 Å². The normalized spacial score (nSPS) is 18.8. The van der Waals surface area contributed by atoms with E-state index < -0.39 is 0 Å². The largest absolute Gasteiger partial charge is 0.365 e. The zero-order valence-corrected chi connectivity index (χ0v) is 13.6. The van der Waals surface area contributed by atoms with E-state index in [1.807, 2.05) is 25.1 Å². The lowest BCUT2D eigenvalue weighted by Crippen LogP contribution is -2.42. The Hall–Kier alpha value is -2.54. The molecule has 0 aliphatic carbocycles. The minimum absolute atomic E-state index is 0.352. The highest BCUT2D eigenvalue weighted by Gasteiger charge is 2.22. The number of rotatable bonds is 4. The molecule has 0 saturated carbocycles. The molecule has 0 unspecified atom stereocenters. The van der Waals surface area contributed by atoms with Crippen LogP contribution in [0, 0.1) is 6.92 Å². The number of likely N-dealkylation sites (tertiary alicyclic amines) is 1. The minimum atomic E-state index is 0.352. The van der Waals surface area contributed by atoms with Gasteiger partial charge in [-0.3, -0.25) is 4.90 Å². The van der Waals surface area contributed by atoms with Crippen molar-refractivity contribution < 1.29 is 4.52 Å². The molecule has 1 aromatic carbocycles. The fourth-order valence-corrected chi connectivity index (χ4v) is 3.24. The number of fused-ring (bicyclic) bond motifs is 1. The van der Waals surface area contributed by atoms with Gasteiger partial charge in [0.2, 0.25) is 5.89 Å². The highest BCUT2D eigenvalue weighted by atomic mass is 16.5. The molecule has 4 rings (SSSR count). The molecule has 7 heteroatoms. The Bertz CT molecular complexity index is 827. The summed E-state index contributed by atoms with van der Waals surface area (Å²) in [6.07, 6.45) is 3.88. The predicted octanol–water partition coefficient (Wildman–Crippen LogP) is 2.40. The molecule has 1 atom stereocenters. The van der Waals surface area contributed by atoms with Crippen LogP contribution in [0.1, 0.15) is 24.6 Å². The van der Waals surface area contributed by atoms with Crippen LogP contribution in [0.25, 0.3) is 10.9 Å². The van der Waals surface area contributed by atoms with E-state index in [-0.39, 0.29) is 0 Å². The lowest BCUT2D eigenvalue weighted by Gasteiger charge is -2.32. The van der Waals surface area contributed by atoms with Crippen LogP contribution in [-0.4, -0.2) is 44.1 Å². The van der Waals surface area contributed by atoms with Crippen LogP contribution < -0.4 is 5.32 Å². The summed E-state index contributed by atoms with van der Waals surface area (Å²) in [7, 11) is 0. The van der Waals surface area contributed by atoms with Gasteiger partial charge in [-0.05, 0) is 31.5 Å². The summed E-state index contributed by atoms with van der Waals surface area (Å²) in [5.74, 6) is 2.27. The molecule has 0 bridgehead atoms. The molecule has 124 valence electrons. The number of piperidine rings is 1. The Balaban J connectivity index is 1.46. The number of anilines is 1. The highest BCUT2D eigenvalue weighted by Crippen LogP contribution is 2.22. The quantitative estimate of drug-likeness (QED) is 0.789. The molecule has 3 aromatic rings. The van der Waals surface area contributed by atoms with E-state index in [0.29, 0.717) is 11.9 Å². The molecule has 24 heavy (non-hydrogen) atoms. The number of nitrogens with one attached hydrogen (secondary N) is 1. The molecular weight excluding hydrogens is 304 g/mol. The zero-order chi connectivity index (χ0) is 16.4. The van der Waals surface area contributed by atoms with Gasteiger partial charge in [-0.1, -0.05) is 17.3 Å². The Kier molecular flexibility index (Phi) is 4.08. The average molecular weight is 324 g/mol. The fourth-order valence-electron chi connectivity index (χ4n) is 3.24. The highest BCUT2D eigenvalue weighted by molar-refractivity contribution is 5.88. The van der Waals surface area contributed by atoms with Gasteiger partial charge in [0.25, 0.3) is 0 Å². The van der Waals surface area contributed by atoms with Crippen LogP contribution in [0.4, 0.5) is 5.82 Å². The van der Waals surface area contributed by atoms with Gasteiger partial charge in [0.15, 0.2) is 5.82 Å². The summed E-state index contributed by atoms with van der Waals surface area (Å²) < 4.78 is 5.06. The first-order chi connectivity index (χ1) is 11.8. The Morgan fingerprint density at radius 2 is 2.21 bits per heavy atom. The van der Waals surface area contributed by atoms with Crippen molar-refractivity contribution >= 4 is 16.7 Å². The van der Waals surface area contributed by atoms with Gasteiger partial charge in [-0.15, -0.1) is 0 Å².